The summed E-state index contributed by atoms with van der Waals surface area (Å²) in [5.41, 5.74) is 6.57. The van der Waals surface area contributed by atoms with Crippen molar-refractivity contribution < 1.29 is 29.6 Å². The Labute approximate surface area is 267 Å². The molecule has 6 heteroatoms. The Morgan fingerprint density at radius 2 is 1.41 bits per heavy atom. The molecule has 0 spiro atoms. The van der Waals surface area contributed by atoms with Crippen LogP contribution in [0.4, 0.5) is 0 Å². The van der Waals surface area contributed by atoms with Gasteiger partial charge >= 0.3 is 5.97 Å². The number of aliphatic hydroxyl groups excluding tert-OH is 2. The zero-order valence-electron chi connectivity index (χ0n) is 28.3. The molecule has 0 radical (unpaired) electrons. The molecule has 44 heavy (non-hydrogen) atoms. The number of rotatable bonds is 9. The summed E-state index contributed by atoms with van der Waals surface area (Å²) in [7, 11) is 1.00. The Balaban J connectivity index is 0.00000104. The van der Waals surface area contributed by atoms with Gasteiger partial charge in [-0.05, 0) is 103 Å². The first-order valence-corrected chi connectivity index (χ1v) is 16.4. The molecule has 0 aliphatic heterocycles. The largest absolute Gasteiger partial charge is 0.494 e. The maximum atomic E-state index is 9.76. The summed E-state index contributed by atoms with van der Waals surface area (Å²) < 4.78 is 11.8. The van der Waals surface area contributed by atoms with Gasteiger partial charge in [-0.25, -0.2) is 0 Å². The molecule has 0 heterocycles. The van der Waals surface area contributed by atoms with Crippen LogP contribution in [0, 0.1) is 5.92 Å². The van der Waals surface area contributed by atoms with E-state index in [0.717, 1.165) is 63.6 Å². The number of fused-ring (bicyclic) bond motifs is 3. The molecule has 246 valence electrons. The summed E-state index contributed by atoms with van der Waals surface area (Å²) in [5.74, 6) is 1.21. The van der Waals surface area contributed by atoms with Gasteiger partial charge in [0.2, 0.25) is 0 Å². The highest BCUT2D eigenvalue weighted by molar-refractivity contribution is 5.73. The van der Waals surface area contributed by atoms with Crippen molar-refractivity contribution in [2.75, 3.05) is 20.3 Å². The average Bonchev–Trinajstić information content (AvgIpc) is 3.94. The van der Waals surface area contributed by atoms with Crippen molar-refractivity contribution in [1.29, 1.82) is 0 Å². The van der Waals surface area contributed by atoms with Crippen molar-refractivity contribution in [1.82, 2.24) is 0 Å². The quantitative estimate of drug-likeness (QED) is 0.209. The summed E-state index contributed by atoms with van der Waals surface area (Å²) in [6, 6.07) is 23.1. The predicted molar refractivity (Wildman–Crippen MR) is 184 cm³/mol. The molecule has 2 aliphatic carbocycles. The van der Waals surface area contributed by atoms with Gasteiger partial charge in [-0.15, -0.1) is 0 Å². The van der Waals surface area contributed by atoms with Crippen LogP contribution in [-0.2, 0) is 24.2 Å². The Bertz CT molecular complexity index is 1130. The third kappa shape index (κ3) is 15.9. The summed E-state index contributed by atoms with van der Waals surface area (Å²) in [6.45, 7) is 13.7. The van der Waals surface area contributed by atoms with E-state index in [1.807, 2.05) is 58.0 Å². The first-order valence-electron chi connectivity index (χ1n) is 16.4. The molecular weight excluding hydrogens is 552 g/mol. The maximum Gasteiger partial charge on any atom is 0.306 e. The van der Waals surface area contributed by atoms with E-state index < -0.39 is 5.97 Å². The second-order valence-electron chi connectivity index (χ2n) is 9.86. The van der Waals surface area contributed by atoms with Gasteiger partial charge in [-0.1, -0.05) is 84.4 Å². The molecule has 1 saturated carbocycles. The second-order valence-corrected chi connectivity index (χ2v) is 9.86. The van der Waals surface area contributed by atoms with Crippen molar-refractivity contribution in [2.24, 2.45) is 5.92 Å². The van der Waals surface area contributed by atoms with E-state index in [2.05, 4.69) is 50.2 Å². The van der Waals surface area contributed by atoms with Gasteiger partial charge in [-0.2, -0.15) is 0 Å². The number of para-hydroxylation sites is 1. The first kappa shape index (κ1) is 40.6. The minimum atomic E-state index is -0.630. The second kappa shape index (κ2) is 26.1. The summed E-state index contributed by atoms with van der Waals surface area (Å²) in [5, 5.41) is 24.0. The zero-order valence-corrected chi connectivity index (χ0v) is 28.3. The van der Waals surface area contributed by atoms with Gasteiger partial charge in [-0.3, -0.25) is 4.79 Å². The molecule has 2 aliphatic rings. The van der Waals surface area contributed by atoms with E-state index in [-0.39, 0.29) is 12.5 Å². The molecule has 0 unspecified atom stereocenters. The van der Waals surface area contributed by atoms with Gasteiger partial charge < -0.3 is 24.8 Å². The van der Waals surface area contributed by atoms with E-state index in [9.17, 15) is 4.79 Å². The molecule has 6 nitrogen and oxygen atoms in total. The minimum absolute atomic E-state index is 0.0185. The fourth-order valence-corrected chi connectivity index (χ4v) is 4.20. The van der Waals surface area contributed by atoms with Gasteiger partial charge in [0.15, 0.2) is 0 Å². The van der Waals surface area contributed by atoms with Crippen LogP contribution in [0.2, 0.25) is 0 Å². The molecule has 3 aromatic rings. The highest BCUT2D eigenvalue weighted by Gasteiger charge is 2.28. The van der Waals surface area contributed by atoms with E-state index >= 15 is 0 Å². The van der Waals surface area contributed by atoms with Crippen molar-refractivity contribution in [3.8, 4) is 22.6 Å². The summed E-state index contributed by atoms with van der Waals surface area (Å²) in [6.07, 6.45) is 8.01. The first-order chi connectivity index (χ1) is 21.5. The molecule has 0 atom stereocenters. The number of aliphatic carboxylic acids is 1. The Hall–Kier alpha value is -3.35. The standard InChI is InChI=1S/C26H28O3.C4H6O2.C3H8.2C2H6.CH4O/c27-15-4-5-16-28-24-13-14-25-22(18-24)8-6-7-21-12-11-20(17-26(21)25)19-29-23-9-2-1-3-10-23;5-4(6)3-1-2-3;1-3-2;3*1-2/h1-3,9-14,17-18,27H,4-8,15-16,19H2;3H,1-2H2,(H,5,6);3H2,1-2H3;2*1-2H3;2H,1H3. The molecule has 0 aromatic heterocycles. The third-order valence-corrected chi connectivity index (χ3v) is 6.33. The van der Waals surface area contributed by atoms with E-state index in [4.69, 9.17) is 24.8 Å². The monoisotopic (exact) mass is 610 g/mol. The smallest absolute Gasteiger partial charge is 0.306 e. The van der Waals surface area contributed by atoms with Crippen LogP contribution >= 0.6 is 0 Å². The number of benzene rings is 3. The van der Waals surface area contributed by atoms with Crippen LogP contribution in [-0.4, -0.2) is 41.6 Å². The molecule has 0 saturated heterocycles. The lowest BCUT2D eigenvalue weighted by molar-refractivity contribution is -0.138. The van der Waals surface area contributed by atoms with E-state index in [0.29, 0.717) is 13.2 Å². The molecule has 0 bridgehead atoms. The maximum absolute atomic E-state index is 9.76. The fraction of sp³-hybridized carbons (Fsp3) is 0.500. The highest BCUT2D eigenvalue weighted by Crippen LogP contribution is 2.35. The topological polar surface area (TPSA) is 96.2 Å². The van der Waals surface area contributed by atoms with Crippen LogP contribution in [0.3, 0.4) is 0 Å². The number of aryl methyl sites for hydroxylation is 2. The number of hydrogen-bond acceptors (Lipinski definition) is 5. The zero-order chi connectivity index (χ0) is 33.2. The fourth-order valence-electron chi connectivity index (χ4n) is 4.20. The molecule has 0 amide bonds. The Morgan fingerprint density at radius 1 is 0.773 bits per heavy atom. The Morgan fingerprint density at radius 3 is 1.98 bits per heavy atom. The van der Waals surface area contributed by atoms with E-state index in [1.54, 1.807) is 0 Å². The number of carboxylic acid groups (broad SMARTS) is 1. The van der Waals surface area contributed by atoms with Gasteiger partial charge in [0.25, 0.3) is 0 Å². The number of carboxylic acids is 1. The van der Waals surface area contributed by atoms with Crippen LogP contribution in [0.15, 0.2) is 66.7 Å². The van der Waals surface area contributed by atoms with Crippen molar-refractivity contribution in [2.45, 2.75) is 99.5 Å². The average molecular weight is 611 g/mol. The number of unbranched alkanes of at least 4 members (excludes halogenated alkanes) is 1. The van der Waals surface area contributed by atoms with Crippen LogP contribution in [0.1, 0.15) is 96.8 Å². The molecular formula is C38H58O6. The number of ether oxygens (including phenoxy) is 2. The van der Waals surface area contributed by atoms with Crippen LogP contribution < -0.4 is 9.47 Å². The molecule has 3 aromatic carbocycles. The number of carbonyl (C=O) groups is 1. The summed E-state index contributed by atoms with van der Waals surface area (Å²) >= 11 is 0. The van der Waals surface area contributed by atoms with Crippen LogP contribution in [0.5, 0.6) is 11.5 Å². The molecule has 1 fully saturated rings. The Kier molecular flexibility index (Phi) is 24.1. The number of hydrogen-bond donors (Lipinski definition) is 3. The lowest BCUT2D eigenvalue weighted by Gasteiger charge is -2.14. The highest BCUT2D eigenvalue weighted by atomic mass is 16.5. The lowest BCUT2D eigenvalue weighted by atomic mass is 9.95. The van der Waals surface area contributed by atoms with Gasteiger partial charge in [0.05, 0.1) is 12.5 Å². The van der Waals surface area contributed by atoms with Crippen molar-refractivity contribution in [3.63, 3.8) is 0 Å². The lowest BCUT2D eigenvalue weighted by Crippen LogP contribution is -2.00. The predicted octanol–water partition coefficient (Wildman–Crippen LogP) is 9.13. The minimum Gasteiger partial charge on any atom is -0.494 e. The SMILES string of the molecule is CC.CC.CCC.CO.O=C(O)C1CC1.OCCCCOc1ccc2c(c1)CCCc1ccc(COc3ccccc3)cc1-2. The number of aliphatic hydroxyl groups is 2. The van der Waals surface area contributed by atoms with Crippen molar-refractivity contribution in [3.05, 3.63) is 83.4 Å². The van der Waals surface area contributed by atoms with Crippen LogP contribution in [0.25, 0.3) is 11.1 Å². The third-order valence-electron chi connectivity index (χ3n) is 6.33. The molecule has 5 rings (SSSR count). The van der Waals surface area contributed by atoms with Crippen molar-refractivity contribution >= 4 is 5.97 Å². The van der Waals surface area contributed by atoms with E-state index in [1.165, 1.54) is 34.2 Å². The summed E-state index contributed by atoms with van der Waals surface area (Å²) in [4.78, 5) is 9.76. The van der Waals surface area contributed by atoms with Gasteiger partial charge in [0.1, 0.15) is 18.1 Å². The van der Waals surface area contributed by atoms with Gasteiger partial charge in [0, 0.05) is 13.7 Å². The molecule has 3 N–H and O–H groups in total. The normalized spacial score (nSPS) is 11.9.